The molecule has 30 heavy (non-hydrogen) atoms. The number of anilines is 1. The highest BCUT2D eigenvalue weighted by Crippen LogP contribution is 2.42. The summed E-state index contributed by atoms with van der Waals surface area (Å²) in [6.45, 7) is 2.70. The van der Waals surface area contributed by atoms with Crippen LogP contribution in [0.25, 0.3) is 17.0 Å². The molecule has 0 radical (unpaired) electrons. The van der Waals surface area contributed by atoms with Crippen molar-refractivity contribution in [3.8, 4) is 22.8 Å². The maximum Gasteiger partial charge on any atom is 0.433 e. The Kier molecular flexibility index (Phi) is 4.98. The Morgan fingerprint density at radius 2 is 1.83 bits per heavy atom. The van der Waals surface area contributed by atoms with E-state index in [-0.39, 0.29) is 33.6 Å². The molecule has 2 aromatic carbocycles. The van der Waals surface area contributed by atoms with Crippen molar-refractivity contribution < 1.29 is 27.0 Å². The average Bonchev–Trinajstić information content (AvgIpc) is 2.67. The van der Waals surface area contributed by atoms with Crippen LogP contribution in [0.3, 0.4) is 0 Å². The third-order valence-electron chi connectivity index (χ3n) is 4.16. The molecule has 2 heterocycles. The predicted molar refractivity (Wildman–Crippen MR) is 103 cm³/mol. The summed E-state index contributed by atoms with van der Waals surface area (Å²) in [5.74, 6) is -1.46. The summed E-state index contributed by atoms with van der Waals surface area (Å²) in [5, 5.41) is 2.78. The highest BCUT2D eigenvalue weighted by atomic mass is 35.5. The topological polar surface area (TPSA) is 56.3 Å². The quantitative estimate of drug-likeness (QED) is 0.544. The summed E-state index contributed by atoms with van der Waals surface area (Å²) < 4.78 is 63.9. The molecular formula is C20H12ClF4N3O2. The fraction of sp³-hybridized carbons (Fsp3) is 0.100. The number of rotatable bonds is 4. The van der Waals surface area contributed by atoms with E-state index >= 15 is 0 Å². The van der Waals surface area contributed by atoms with Gasteiger partial charge < -0.3 is 14.8 Å². The van der Waals surface area contributed by atoms with Crippen LogP contribution in [0, 0.1) is 11.6 Å². The van der Waals surface area contributed by atoms with Gasteiger partial charge in [-0.1, -0.05) is 24.2 Å². The van der Waals surface area contributed by atoms with E-state index in [0.717, 1.165) is 12.1 Å². The Hall–Kier alpha value is -3.33. The smallest absolute Gasteiger partial charge is 0.433 e. The molecule has 0 amide bonds. The van der Waals surface area contributed by atoms with Gasteiger partial charge in [0.05, 0.1) is 28.7 Å². The van der Waals surface area contributed by atoms with Crippen molar-refractivity contribution in [2.24, 2.45) is 0 Å². The zero-order valence-electron chi connectivity index (χ0n) is 15.1. The molecule has 4 rings (SSSR count). The molecule has 0 aliphatic carbocycles. The highest BCUT2D eigenvalue weighted by molar-refractivity contribution is 6.33. The Bertz CT molecular complexity index is 1120. The normalized spacial score (nSPS) is 14.3. The molecule has 0 spiro atoms. The van der Waals surface area contributed by atoms with Gasteiger partial charge in [0.2, 0.25) is 0 Å². The molecule has 5 nitrogen and oxygen atoms in total. The molecule has 0 fully saturated rings. The van der Waals surface area contributed by atoms with Crippen LogP contribution in [0.15, 0.2) is 49.3 Å². The molecule has 0 atom stereocenters. The van der Waals surface area contributed by atoms with Crippen LogP contribution in [0.1, 0.15) is 5.56 Å². The first kappa shape index (κ1) is 20.0. The van der Waals surface area contributed by atoms with E-state index in [0.29, 0.717) is 11.3 Å². The molecule has 154 valence electrons. The SMILES string of the molecule is C=C(Nc1cnc(-c2cc3c(cc2Cl)OC(F)(F)CO3)cn1)c1c(F)cccc1F. The Balaban J connectivity index is 1.56. The van der Waals surface area contributed by atoms with Crippen LogP contribution < -0.4 is 14.8 Å². The number of aromatic nitrogens is 2. The van der Waals surface area contributed by atoms with E-state index in [2.05, 4.69) is 26.6 Å². The molecule has 3 aromatic rings. The van der Waals surface area contributed by atoms with E-state index in [1.807, 2.05) is 0 Å². The van der Waals surface area contributed by atoms with Crippen molar-refractivity contribution in [3.63, 3.8) is 0 Å². The van der Waals surface area contributed by atoms with Crippen molar-refractivity contribution >= 4 is 23.1 Å². The van der Waals surface area contributed by atoms with Gasteiger partial charge in [0.1, 0.15) is 17.5 Å². The number of nitrogens with one attached hydrogen (secondary N) is 1. The number of ether oxygens (including phenoxy) is 2. The van der Waals surface area contributed by atoms with Crippen molar-refractivity contribution in [1.82, 2.24) is 9.97 Å². The number of fused-ring (bicyclic) bond motifs is 1. The number of nitrogens with zero attached hydrogens (tertiary/aromatic N) is 2. The highest BCUT2D eigenvalue weighted by Gasteiger charge is 2.38. The molecule has 0 saturated heterocycles. The van der Waals surface area contributed by atoms with Gasteiger partial charge in [0, 0.05) is 17.3 Å². The second-order valence-corrected chi connectivity index (χ2v) is 6.70. The monoisotopic (exact) mass is 437 g/mol. The summed E-state index contributed by atoms with van der Waals surface area (Å²) in [7, 11) is 0. The Morgan fingerprint density at radius 1 is 1.10 bits per heavy atom. The van der Waals surface area contributed by atoms with Gasteiger partial charge in [0.25, 0.3) is 0 Å². The average molecular weight is 438 g/mol. The lowest BCUT2D eigenvalue weighted by molar-refractivity contribution is -0.208. The third-order valence-corrected chi connectivity index (χ3v) is 4.47. The minimum atomic E-state index is -3.44. The maximum absolute atomic E-state index is 13.9. The van der Waals surface area contributed by atoms with Gasteiger partial charge in [-0.3, -0.25) is 4.98 Å². The second-order valence-electron chi connectivity index (χ2n) is 6.29. The van der Waals surface area contributed by atoms with Gasteiger partial charge >= 0.3 is 6.11 Å². The first-order valence-corrected chi connectivity index (χ1v) is 8.87. The third kappa shape index (κ3) is 3.88. The molecule has 0 unspecified atom stereocenters. The number of benzene rings is 2. The van der Waals surface area contributed by atoms with Crippen LogP contribution in [-0.2, 0) is 0 Å². The molecule has 1 aromatic heterocycles. The minimum absolute atomic E-state index is 0.0362. The van der Waals surface area contributed by atoms with Crippen molar-refractivity contribution in [3.05, 3.63) is 71.5 Å². The first-order chi connectivity index (χ1) is 14.2. The summed E-state index contributed by atoms with van der Waals surface area (Å²) in [6, 6.07) is 6.08. The Labute approximate surface area is 172 Å². The van der Waals surface area contributed by atoms with E-state index in [9.17, 15) is 17.6 Å². The van der Waals surface area contributed by atoms with Gasteiger partial charge in [-0.15, -0.1) is 0 Å². The fourth-order valence-electron chi connectivity index (χ4n) is 2.81. The molecule has 0 saturated carbocycles. The van der Waals surface area contributed by atoms with Crippen LogP contribution in [0.5, 0.6) is 11.5 Å². The molecule has 1 aliphatic heterocycles. The zero-order chi connectivity index (χ0) is 21.5. The summed E-state index contributed by atoms with van der Waals surface area (Å²) in [5.41, 5.74) is 0.347. The lowest BCUT2D eigenvalue weighted by Crippen LogP contribution is -2.35. The largest absolute Gasteiger partial charge is 0.479 e. The van der Waals surface area contributed by atoms with Gasteiger partial charge in [-0.2, -0.15) is 8.78 Å². The van der Waals surface area contributed by atoms with E-state index < -0.39 is 24.3 Å². The van der Waals surface area contributed by atoms with E-state index in [4.69, 9.17) is 16.3 Å². The summed E-state index contributed by atoms with van der Waals surface area (Å²) in [6.07, 6.45) is -0.787. The Morgan fingerprint density at radius 3 is 2.50 bits per heavy atom. The molecule has 0 bridgehead atoms. The van der Waals surface area contributed by atoms with E-state index in [1.54, 1.807) is 0 Å². The van der Waals surface area contributed by atoms with Crippen LogP contribution >= 0.6 is 11.6 Å². The molecular weight excluding hydrogens is 426 g/mol. The summed E-state index contributed by atoms with van der Waals surface area (Å²) in [4.78, 5) is 8.32. The lowest BCUT2D eigenvalue weighted by Gasteiger charge is -2.26. The van der Waals surface area contributed by atoms with Crippen molar-refractivity contribution in [2.75, 3.05) is 11.9 Å². The standard InChI is InChI=1S/C20H12ClF4N3O2/c1-10(19-13(22)3-2-4-14(19)23)28-18-8-26-15(7-27-18)11-5-16-17(6-12(11)21)30-20(24,25)9-29-16/h2-8H,1,9H2,(H,27,28). The number of hydrogen-bond donors (Lipinski definition) is 1. The van der Waals surface area contributed by atoms with Gasteiger partial charge in [-0.25, -0.2) is 13.8 Å². The molecule has 1 aliphatic rings. The van der Waals surface area contributed by atoms with Crippen LogP contribution in [-0.4, -0.2) is 22.7 Å². The lowest BCUT2D eigenvalue weighted by atomic mass is 10.1. The number of hydrogen-bond acceptors (Lipinski definition) is 5. The molecule has 10 heteroatoms. The second kappa shape index (κ2) is 7.49. The number of halogens is 5. The number of alkyl halides is 2. The fourth-order valence-corrected chi connectivity index (χ4v) is 3.06. The summed E-state index contributed by atoms with van der Waals surface area (Å²) >= 11 is 6.17. The minimum Gasteiger partial charge on any atom is -0.479 e. The van der Waals surface area contributed by atoms with Crippen molar-refractivity contribution in [1.29, 1.82) is 0 Å². The van der Waals surface area contributed by atoms with Gasteiger partial charge in [-0.05, 0) is 18.2 Å². The van der Waals surface area contributed by atoms with Gasteiger partial charge in [0.15, 0.2) is 18.1 Å². The first-order valence-electron chi connectivity index (χ1n) is 8.49. The predicted octanol–water partition coefficient (Wildman–Crippen LogP) is 5.52. The van der Waals surface area contributed by atoms with Crippen LogP contribution in [0.2, 0.25) is 5.02 Å². The zero-order valence-corrected chi connectivity index (χ0v) is 15.8. The van der Waals surface area contributed by atoms with E-state index in [1.165, 1.54) is 30.6 Å². The maximum atomic E-state index is 13.9. The van der Waals surface area contributed by atoms with Crippen molar-refractivity contribution in [2.45, 2.75) is 6.11 Å². The van der Waals surface area contributed by atoms with Crippen LogP contribution in [0.4, 0.5) is 23.4 Å². The molecule has 1 N–H and O–H groups in total.